The average molecular weight is 208 g/mol. The van der Waals surface area contributed by atoms with Crippen molar-refractivity contribution in [2.75, 3.05) is 30.3 Å². The number of hydrogen-bond donors (Lipinski definition) is 2. The third-order valence-electron chi connectivity index (χ3n) is 2.50. The molecule has 1 rings (SSSR count). The SMILES string of the molecule is CCN(CC(C)CO)c1ccccc1N. The number of rotatable bonds is 5. The lowest BCUT2D eigenvalue weighted by molar-refractivity contribution is 0.239. The molecule has 0 bridgehead atoms. The Morgan fingerprint density at radius 2 is 2.07 bits per heavy atom. The number of nitrogen functional groups attached to an aromatic ring is 1. The van der Waals surface area contributed by atoms with Crippen LogP contribution in [0.5, 0.6) is 0 Å². The summed E-state index contributed by atoms with van der Waals surface area (Å²) < 4.78 is 0. The standard InChI is InChI=1S/C12H20N2O/c1-3-14(8-10(2)9-15)12-7-5-4-6-11(12)13/h4-7,10,15H,3,8-9,13H2,1-2H3. The zero-order valence-electron chi connectivity index (χ0n) is 9.48. The van der Waals surface area contributed by atoms with E-state index < -0.39 is 0 Å². The zero-order chi connectivity index (χ0) is 11.3. The van der Waals surface area contributed by atoms with Gasteiger partial charge in [0.2, 0.25) is 0 Å². The van der Waals surface area contributed by atoms with E-state index in [-0.39, 0.29) is 12.5 Å². The number of anilines is 2. The van der Waals surface area contributed by atoms with Crippen LogP contribution in [0.3, 0.4) is 0 Å². The van der Waals surface area contributed by atoms with Crippen molar-refractivity contribution in [3.8, 4) is 0 Å². The summed E-state index contributed by atoms with van der Waals surface area (Å²) in [5, 5.41) is 9.04. The van der Waals surface area contributed by atoms with Gasteiger partial charge in [0, 0.05) is 19.7 Å². The molecule has 3 nitrogen and oxygen atoms in total. The summed E-state index contributed by atoms with van der Waals surface area (Å²) in [5.41, 5.74) is 7.76. The lowest BCUT2D eigenvalue weighted by atomic mass is 10.1. The van der Waals surface area contributed by atoms with Crippen molar-refractivity contribution in [1.29, 1.82) is 0 Å². The Morgan fingerprint density at radius 3 is 2.60 bits per heavy atom. The van der Waals surface area contributed by atoms with Crippen LogP contribution >= 0.6 is 0 Å². The van der Waals surface area contributed by atoms with Gasteiger partial charge in [-0.2, -0.15) is 0 Å². The maximum Gasteiger partial charge on any atom is 0.0599 e. The molecule has 3 N–H and O–H groups in total. The maximum atomic E-state index is 9.04. The minimum Gasteiger partial charge on any atom is -0.397 e. The van der Waals surface area contributed by atoms with E-state index in [1.165, 1.54) is 0 Å². The van der Waals surface area contributed by atoms with Crippen LogP contribution < -0.4 is 10.6 Å². The molecule has 1 aromatic rings. The van der Waals surface area contributed by atoms with E-state index in [2.05, 4.69) is 11.8 Å². The fourth-order valence-electron chi connectivity index (χ4n) is 1.61. The molecule has 15 heavy (non-hydrogen) atoms. The molecule has 0 radical (unpaired) electrons. The number of benzene rings is 1. The highest BCUT2D eigenvalue weighted by atomic mass is 16.3. The van der Waals surface area contributed by atoms with Gasteiger partial charge in [-0.05, 0) is 25.0 Å². The van der Waals surface area contributed by atoms with Crippen LogP contribution in [0.4, 0.5) is 11.4 Å². The summed E-state index contributed by atoms with van der Waals surface area (Å²) in [4.78, 5) is 2.19. The van der Waals surface area contributed by atoms with Crippen molar-refractivity contribution < 1.29 is 5.11 Å². The van der Waals surface area contributed by atoms with Crippen LogP contribution in [-0.2, 0) is 0 Å². The number of nitrogens with zero attached hydrogens (tertiary/aromatic N) is 1. The monoisotopic (exact) mass is 208 g/mol. The summed E-state index contributed by atoms with van der Waals surface area (Å²) in [6.07, 6.45) is 0. The van der Waals surface area contributed by atoms with Gasteiger partial charge in [-0.1, -0.05) is 19.1 Å². The Hall–Kier alpha value is -1.22. The van der Waals surface area contributed by atoms with Crippen molar-refractivity contribution in [3.05, 3.63) is 24.3 Å². The largest absolute Gasteiger partial charge is 0.397 e. The van der Waals surface area contributed by atoms with E-state index in [0.29, 0.717) is 0 Å². The zero-order valence-corrected chi connectivity index (χ0v) is 9.48. The third-order valence-corrected chi connectivity index (χ3v) is 2.50. The number of aliphatic hydroxyl groups excluding tert-OH is 1. The van der Waals surface area contributed by atoms with E-state index in [0.717, 1.165) is 24.5 Å². The fourth-order valence-corrected chi connectivity index (χ4v) is 1.61. The topological polar surface area (TPSA) is 49.5 Å². The summed E-state index contributed by atoms with van der Waals surface area (Å²) >= 11 is 0. The number of aliphatic hydroxyl groups is 1. The van der Waals surface area contributed by atoms with Crippen LogP contribution in [0.25, 0.3) is 0 Å². The van der Waals surface area contributed by atoms with Crippen LogP contribution in [0.15, 0.2) is 24.3 Å². The van der Waals surface area contributed by atoms with Crippen molar-refractivity contribution in [1.82, 2.24) is 0 Å². The minimum absolute atomic E-state index is 0.212. The first-order valence-corrected chi connectivity index (χ1v) is 5.39. The smallest absolute Gasteiger partial charge is 0.0599 e. The summed E-state index contributed by atoms with van der Waals surface area (Å²) in [7, 11) is 0. The van der Waals surface area contributed by atoms with Crippen molar-refractivity contribution in [2.45, 2.75) is 13.8 Å². The average Bonchev–Trinajstić information content (AvgIpc) is 2.26. The first kappa shape index (κ1) is 11.9. The Bertz CT molecular complexity index is 301. The van der Waals surface area contributed by atoms with E-state index >= 15 is 0 Å². The highest BCUT2D eigenvalue weighted by molar-refractivity contribution is 5.67. The van der Waals surface area contributed by atoms with E-state index in [9.17, 15) is 0 Å². The molecule has 1 atom stereocenters. The van der Waals surface area contributed by atoms with Gasteiger partial charge in [0.25, 0.3) is 0 Å². The van der Waals surface area contributed by atoms with E-state index in [1.54, 1.807) is 0 Å². The Labute approximate surface area is 91.5 Å². The molecular formula is C12H20N2O. The molecule has 0 spiro atoms. The van der Waals surface area contributed by atoms with Crippen LogP contribution in [-0.4, -0.2) is 24.8 Å². The van der Waals surface area contributed by atoms with E-state index in [4.69, 9.17) is 10.8 Å². The molecule has 0 heterocycles. The summed E-state index contributed by atoms with van der Waals surface area (Å²) in [5.74, 6) is 0.268. The van der Waals surface area contributed by atoms with Gasteiger partial charge in [-0.3, -0.25) is 0 Å². The van der Waals surface area contributed by atoms with Crippen molar-refractivity contribution >= 4 is 11.4 Å². The molecule has 84 valence electrons. The van der Waals surface area contributed by atoms with Crippen LogP contribution in [0, 0.1) is 5.92 Å². The molecule has 0 aliphatic heterocycles. The van der Waals surface area contributed by atoms with Crippen molar-refractivity contribution in [3.63, 3.8) is 0 Å². The molecule has 0 saturated carbocycles. The van der Waals surface area contributed by atoms with Gasteiger partial charge < -0.3 is 15.7 Å². The van der Waals surface area contributed by atoms with Gasteiger partial charge in [0.05, 0.1) is 11.4 Å². The van der Waals surface area contributed by atoms with Crippen molar-refractivity contribution in [2.24, 2.45) is 5.92 Å². The highest BCUT2D eigenvalue weighted by Gasteiger charge is 2.10. The maximum absolute atomic E-state index is 9.04. The molecule has 0 aliphatic carbocycles. The number of nitrogens with two attached hydrogens (primary N) is 1. The predicted molar refractivity (Wildman–Crippen MR) is 65.0 cm³/mol. The Balaban J connectivity index is 2.78. The Morgan fingerprint density at radius 1 is 1.40 bits per heavy atom. The molecule has 1 unspecified atom stereocenters. The molecule has 1 aromatic carbocycles. The van der Waals surface area contributed by atoms with Gasteiger partial charge in [0.15, 0.2) is 0 Å². The third kappa shape index (κ3) is 3.13. The number of hydrogen-bond acceptors (Lipinski definition) is 3. The van der Waals surface area contributed by atoms with Gasteiger partial charge in [-0.15, -0.1) is 0 Å². The second kappa shape index (κ2) is 5.61. The van der Waals surface area contributed by atoms with E-state index in [1.807, 2.05) is 31.2 Å². The first-order chi connectivity index (χ1) is 7.19. The normalized spacial score (nSPS) is 12.5. The molecule has 0 amide bonds. The summed E-state index contributed by atoms with van der Waals surface area (Å²) in [6.45, 7) is 6.07. The molecule has 0 fully saturated rings. The molecule has 0 saturated heterocycles. The predicted octanol–water partition coefficient (Wildman–Crippen LogP) is 1.72. The minimum atomic E-state index is 0.212. The molecule has 3 heteroatoms. The lowest BCUT2D eigenvalue weighted by Gasteiger charge is -2.27. The van der Waals surface area contributed by atoms with Gasteiger partial charge in [0.1, 0.15) is 0 Å². The Kier molecular flexibility index (Phi) is 4.43. The molecular weight excluding hydrogens is 188 g/mol. The fraction of sp³-hybridized carbons (Fsp3) is 0.500. The lowest BCUT2D eigenvalue weighted by Crippen LogP contribution is -2.30. The second-order valence-corrected chi connectivity index (χ2v) is 3.89. The van der Waals surface area contributed by atoms with Gasteiger partial charge in [-0.25, -0.2) is 0 Å². The second-order valence-electron chi connectivity index (χ2n) is 3.89. The van der Waals surface area contributed by atoms with Crippen LogP contribution in [0.2, 0.25) is 0 Å². The van der Waals surface area contributed by atoms with Gasteiger partial charge >= 0.3 is 0 Å². The quantitative estimate of drug-likeness (QED) is 0.724. The van der Waals surface area contributed by atoms with Crippen LogP contribution in [0.1, 0.15) is 13.8 Å². The molecule has 0 aliphatic rings. The summed E-state index contributed by atoms with van der Waals surface area (Å²) in [6, 6.07) is 7.84. The molecule has 0 aromatic heterocycles. The number of para-hydroxylation sites is 2. The highest BCUT2D eigenvalue weighted by Crippen LogP contribution is 2.22. The first-order valence-electron chi connectivity index (χ1n) is 5.39.